The van der Waals surface area contributed by atoms with Gasteiger partial charge in [-0.25, -0.2) is 9.98 Å². The Morgan fingerprint density at radius 3 is 2.81 bits per heavy atom. The third kappa shape index (κ3) is 7.14. The molecule has 4 N–H and O–H groups in total. The summed E-state index contributed by atoms with van der Waals surface area (Å²) in [7, 11) is 3.31. The van der Waals surface area contributed by atoms with Crippen LogP contribution in [-0.2, 0) is 9.53 Å². The number of aliphatic imine (C=N–C) groups is 1. The van der Waals surface area contributed by atoms with Crippen LogP contribution in [0.5, 0.6) is 0 Å². The summed E-state index contributed by atoms with van der Waals surface area (Å²) in [5, 5.41) is 5.74. The van der Waals surface area contributed by atoms with Crippen molar-refractivity contribution in [3.8, 4) is 0 Å². The van der Waals surface area contributed by atoms with Crippen LogP contribution in [0.2, 0.25) is 0 Å². The summed E-state index contributed by atoms with van der Waals surface area (Å²) in [6.45, 7) is 0.619. The Bertz CT molecular complexity index is 459. The molecule has 1 rings (SSSR count). The van der Waals surface area contributed by atoms with E-state index >= 15 is 0 Å². The molecule has 0 saturated carbocycles. The number of carbonyl (C=O) groups is 1. The van der Waals surface area contributed by atoms with E-state index in [1.165, 1.54) is 7.11 Å². The molecule has 1 amide bonds. The molecule has 0 spiro atoms. The van der Waals surface area contributed by atoms with Crippen LogP contribution in [0.15, 0.2) is 23.3 Å². The third-order valence-corrected chi connectivity index (χ3v) is 2.86. The van der Waals surface area contributed by atoms with Gasteiger partial charge in [0.05, 0.1) is 19.0 Å². The molecular formula is C14H23N5O2. The lowest BCUT2D eigenvalue weighted by Crippen LogP contribution is -2.14. The fourth-order valence-electron chi connectivity index (χ4n) is 1.65. The normalized spacial score (nSPS) is 11.0. The molecule has 0 radical (unpaired) electrons. The van der Waals surface area contributed by atoms with E-state index in [9.17, 15) is 4.79 Å². The summed E-state index contributed by atoms with van der Waals surface area (Å²) >= 11 is 0. The molecule has 0 aliphatic rings. The van der Waals surface area contributed by atoms with Gasteiger partial charge in [-0.3, -0.25) is 4.79 Å². The lowest BCUT2D eigenvalue weighted by Gasteiger charge is -2.05. The first-order valence-electron chi connectivity index (χ1n) is 6.93. The molecule has 1 aromatic rings. The van der Waals surface area contributed by atoms with Gasteiger partial charge in [-0.1, -0.05) is 6.42 Å². The topological polar surface area (TPSA) is 102 Å². The van der Waals surface area contributed by atoms with Crippen LogP contribution in [0.3, 0.4) is 0 Å². The number of aromatic nitrogens is 1. The minimum atomic E-state index is -0.0281. The monoisotopic (exact) mass is 293 g/mol. The Labute approximate surface area is 125 Å². The average molecular weight is 293 g/mol. The molecule has 0 saturated heterocycles. The molecule has 0 aromatic carbocycles. The second-order valence-electron chi connectivity index (χ2n) is 4.47. The van der Waals surface area contributed by atoms with Gasteiger partial charge in [-0.05, 0) is 25.0 Å². The number of nitrogens with two attached hydrogens (primary N) is 1. The van der Waals surface area contributed by atoms with Crippen molar-refractivity contribution in [2.24, 2.45) is 10.7 Å². The average Bonchev–Trinajstić information content (AvgIpc) is 2.51. The van der Waals surface area contributed by atoms with Gasteiger partial charge in [0.15, 0.2) is 0 Å². The highest BCUT2D eigenvalue weighted by Crippen LogP contribution is 2.09. The van der Waals surface area contributed by atoms with Gasteiger partial charge < -0.3 is 21.1 Å². The van der Waals surface area contributed by atoms with Crippen molar-refractivity contribution >= 4 is 23.4 Å². The van der Waals surface area contributed by atoms with Gasteiger partial charge in [-0.2, -0.15) is 0 Å². The maximum atomic E-state index is 11.7. The van der Waals surface area contributed by atoms with Crippen molar-refractivity contribution in [3.63, 3.8) is 0 Å². The molecule has 1 heterocycles. The van der Waals surface area contributed by atoms with Crippen molar-refractivity contribution in [1.29, 1.82) is 0 Å². The highest BCUT2D eigenvalue weighted by Gasteiger charge is 2.03. The molecule has 0 atom stereocenters. The van der Waals surface area contributed by atoms with Crippen molar-refractivity contribution in [2.75, 3.05) is 31.3 Å². The van der Waals surface area contributed by atoms with Crippen molar-refractivity contribution in [1.82, 2.24) is 4.98 Å². The number of ether oxygens (including phenoxy) is 1. The van der Waals surface area contributed by atoms with E-state index in [0.717, 1.165) is 24.9 Å². The standard InChI is InChI=1S/C14H23N5O2/c1-16-11-7-8-12(18-10-11)19-13(20)6-4-3-5-9-17-14(15)21-2/h7-8,10,16H,3-6,9H2,1-2H3,(H2,15,17)(H,18,19,20). The predicted molar refractivity (Wildman–Crippen MR) is 84.4 cm³/mol. The third-order valence-electron chi connectivity index (χ3n) is 2.86. The van der Waals surface area contributed by atoms with E-state index < -0.39 is 0 Å². The maximum Gasteiger partial charge on any atom is 0.281 e. The van der Waals surface area contributed by atoms with Crippen molar-refractivity contribution in [3.05, 3.63) is 18.3 Å². The van der Waals surface area contributed by atoms with E-state index in [4.69, 9.17) is 10.5 Å². The number of hydrogen-bond acceptors (Lipinski definition) is 5. The van der Waals surface area contributed by atoms with Crippen LogP contribution in [0.4, 0.5) is 11.5 Å². The Morgan fingerprint density at radius 1 is 1.38 bits per heavy atom. The van der Waals surface area contributed by atoms with Gasteiger partial charge in [-0.15, -0.1) is 0 Å². The number of rotatable bonds is 8. The molecule has 7 nitrogen and oxygen atoms in total. The number of unbranched alkanes of at least 4 members (excludes halogenated alkanes) is 2. The zero-order valence-electron chi connectivity index (χ0n) is 12.6. The van der Waals surface area contributed by atoms with Crippen LogP contribution >= 0.6 is 0 Å². The number of amides is 1. The molecule has 21 heavy (non-hydrogen) atoms. The van der Waals surface area contributed by atoms with Gasteiger partial charge >= 0.3 is 0 Å². The molecule has 0 aliphatic carbocycles. The van der Waals surface area contributed by atoms with Crippen LogP contribution in [-0.4, -0.2) is 37.6 Å². The van der Waals surface area contributed by atoms with E-state index in [1.807, 2.05) is 13.1 Å². The number of pyridine rings is 1. The fourth-order valence-corrected chi connectivity index (χ4v) is 1.65. The second kappa shape index (κ2) is 9.57. The lowest BCUT2D eigenvalue weighted by atomic mass is 10.2. The van der Waals surface area contributed by atoms with Crippen LogP contribution in [0, 0.1) is 0 Å². The quantitative estimate of drug-likeness (QED) is 0.384. The molecule has 0 unspecified atom stereocenters. The first kappa shape index (κ1) is 16.7. The highest BCUT2D eigenvalue weighted by atomic mass is 16.5. The summed E-state index contributed by atoms with van der Waals surface area (Å²) in [6, 6.07) is 3.83. The summed E-state index contributed by atoms with van der Waals surface area (Å²) in [5.74, 6) is 0.538. The number of hydrogen-bond donors (Lipinski definition) is 3. The van der Waals surface area contributed by atoms with Crippen LogP contribution in [0.1, 0.15) is 25.7 Å². The second-order valence-corrected chi connectivity index (χ2v) is 4.47. The summed E-state index contributed by atoms with van der Waals surface area (Å²) in [4.78, 5) is 19.9. The minimum absolute atomic E-state index is 0.0281. The zero-order chi connectivity index (χ0) is 15.5. The highest BCUT2D eigenvalue weighted by molar-refractivity contribution is 5.89. The number of carbonyl (C=O) groups excluding carboxylic acids is 1. The SMILES string of the molecule is CNc1ccc(NC(=O)CCCCCN=C(N)OC)nc1. The summed E-state index contributed by atoms with van der Waals surface area (Å²) < 4.78 is 4.73. The first-order valence-corrected chi connectivity index (χ1v) is 6.93. The number of amidine groups is 1. The number of nitrogens with one attached hydrogen (secondary N) is 2. The van der Waals surface area contributed by atoms with Crippen LogP contribution in [0.25, 0.3) is 0 Å². The largest absolute Gasteiger partial charge is 0.469 e. The molecule has 7 heteroatoms. The van der Waals surface area contributed by atoms with Gasteiger partial charge in [0.2, 0.25) is 5.91 Å². The summed E-state index contributed by atoms with van der Waals surface area (Å²) in [5.41, 5.74) is 6.30. The number of nitrogens with zero attached hydrogens (tertiary/aromatic N) is 2. The number of anilines is 2. The molecule has 1 aromatic heterocycles. The molecule has 0 fully saturated rings. The van der Waals surface area contributed by atoms with E-state index in [-0.39, 0.29) is 11.9 Å². The van der Waals surface area contributed by atoms with Crippen molar-refractivity contribution < 1.29 is 9.53 Å². The number of methoxy groups -OCH3 is 1. The van der Waals surface area contributed by atoms with E-state index in [2.05, 4.69) is 20.6 Å². The fraction of sp³-hybridized carbons (Fsp3) is 0.500. The summed E-state index contributed by atoms with van der Waals surface area (Å²) in [6.07, 6.45) is 4.75. The Hall–Kier alpha value is -2.31. The predicted octanol–water partition coefficient (Wildman–Crippen LogP) is 1.58. The first-order chi connectivity index (χ1) is 10.2. The van der Waals surface area contributed by atoms with E-state index in [0.29, 0.717) is 18.8 Å². The molecule has 116 valence electrons. The smallest absolute Gasteiger partial charge is 0.281 e. The Kier molecular flexibility index (Phi) is 7.63. The molecule has 0 aliphatic heterocycles. The molecule has 0 bridgehead atoms. The van der Waals surface area contributed by atoms with Crippen molar-refractivity contribution in [2.45, 2.75) is 25.7 Å². The zero-order valence-corrected chi connectivity index (χ0v) is 12.6. The van der Waals surface area contributed by atoms with E-state index in [1.54, 1.807) is 12.3 Å². The maximum absolute atomic E-state index is 11.7. The van der Waals surface area contributed by atoms with Gasteiger partial charge in [0, 0.05) is 20.0 Å². The Balaban J connectivity index is 2.16. The molecular weight excluding hydrogens is 270 g/mol. The van der Waals surface area contributed by atoms with Crippen LogP contribution < -0.4 is 16.4 Å². The lowest BCUT2D eigenvalue weighted by molar-refractivity contribution is -0.116. The van der Waals surface area contributed by atoms with Gasteiger partial charge in [0.25, 0.3) is 6.02 Å². The van der Waals surface area contributed by atoms with Gasteiger partial charge in [0.1, 0.15) is 5.82 Å². The Morgan fingerprint density at radius 2 is 2.19 bits per heavy atom. The minimum Gasteiger partial charge on any atom is -0.469 e.